The van der Waals surface area contributed by atoms with Crippen LogP contribution in [0, 0.1) is 19.7 Å². The van der Waals surface area contributed by atoms with Crippen molar-refractivity contribution in [3.05, 3.63) is 172 Å². The Morgan fingerprint density at radius 3 is 2.00 bits per heavy atom. The summed E-state index contributed by atoms with van der Waals surface area (Å²) in [6, 6.07) is 37.5. The smallest absolute Gasteiger partial charge is 0.329 e. The number of ether oxygens (including phenoxy) is 2. The summed E-state index contributed by atoms with van der Waals surface area (Å²) < 4.78 is 32.4. The molecule has 0 amide bonds. The molecule has 0 bridgehead atoms. The summed E-state index contributed by atoms with van der Waals surface area (Å²) >= 11 is 0. The van der Waals surface area contributed by atoms with Crippen LogP contribution in [0.1, 0.15) is 40.6 Å². The van der Waals surface area contributed by atoms with E-state index in [1.807, 2.05) is 84.3 Å². The number of nitrogens with zero attached hydrogens (tertiary/aromatic N) is 5. The molecule has 0 aliphatic rings. The molecule has 0 N–H and O–H groups in total. The van der Waals surface area contributed by atoms with E-state index in [1.165, 1.54) is 15.2 Å². The van der Waals surface area contributed by atoms with E-state index in [9.17, 15) is 9.59 Å². The zero-order valence-corrected chi connectivity index (χ0v) is 29.4. The fraction of sp³-hybridized carbons (Fsp3) is 0.190. The van der Waals surface area contributed by atoms with E-state index >= 15 is 4.39 Å². The van der Waals surface area contributed by atoms with Crippen LogP contribution >= 0.6 is 0 Å². The predicted octanol–water partition coefficient (Wildman–Crippen LogP) is 7.34. The van der Waals surface area contributed by atoms with Gasteiger partial charge in [-0.15, -0.1) is 10.2 Å². The lowest BCUT2D eigenvalue weighted by Gasteiger charge is -2.38. The fourth-order valence-electron chi connectivity index (χ4n) is 7.21. The fourth-order valence-corrected chi connectivity index (χ4v) is 7.21. The number of esters is 1. The molecular formula is C42H38FN5O4. The van der Waals surface area contributed by atoms with E-state index in [4.69, 9.17) is 9.47 Å². The molecule has 262 valence electrons. The Balaban J connectivity index is 1.28. The molecule has 0 unspecified atom stereocenters. The van der Waals surface area contributed by atoms with Crippen molar-refractivity contribution in [1.29, 1.82) is 0 Å². The number of hydrogen-bond acceptors (Lipinski definition) is 6. The Kier molecular flexibility index (Phi) is 9.30. The minimum Gasteiger partial charge on any atom is -0.482 e. The maximum atomic E-state index is 16.2. The van der Waals surface area contributed by atoms with Gasteiger partial charge < -0.3 is 9.47 Å². The molecule has 0 radical (unpaired) electrons. The summed E-state index contributed by atoms with van der Waals surface area (Å²) in [7, 11) is 1.64. The number of aromatic nitrogens is 5. The highest BCUT2D eigenvalue weighted by molar-refractivity contribution is 5.94. The molecular weight excluding hydrogens is 657 g/mol. The van der Waals surface area contributed by atoms with Gasteiger partial charge in [0.1, 0.15) is 25.0 Å². The molecule has 9 nitrogen and oxygen atoms in total. The number of carbonyl (C=O) groups excluding carboxylic acids is 1. The highest BCUT2D eigenvalue weighted by atomic mass is 19.1. The van der Waals surface area contributed by atoms with Crippen molar-refractivity contribution < 1.29 is 18.7 Å². The topological polar surface area (TPSA) is 93.2 Å². The number of hydrogen-bond donors (Lipinski definition) is 0. The van der Waals surface area contributed by atoms with Crippen LogP contribution < -0.4 is 10.4 Å². The summed E-state index contributed by atoms with van der Waals surface area (Å²) in [5, 5.41) is 8.83. The van der Waals surface area contributed by atoms with Crippen LogP contribution in [-0.4, -0.2) is 36.5 Å². The van der Waals surface area contributed by atoms with Gasteiger partial charge >= 0.3 is 11.7 Å². The van der Waals surface area contributed by atoms with Gasteiger partial charge in [-0.25, -0.2) is 9.18 Å². The third-order valence-corrected chi connectivity index (χ3v) is 9.41. The molecule has 0 atom stereocenters. The first-order chi connectivity index (χ1) is 25.2. The quantitative estimate of drug-likeness (QED) is 0.104. The van der Waals surface area contributed by atoms with Gasteiger partial charge in [-0.1, -0.05) is 91.0 Å². The first kappa shape index (κ1) is 34.2. The maximum absolute atomic E-state index is 16.2. The Morgan fingerprint density at radius 2 is 1.44 bits per heavy atom. The standard InChI is InChI=1S/C42H38FN5O4/c1-5-51-38(49)25-47-36-22-28(2)21-34(39(36)46(4)41(47)50)30-23-29(3)40(35(43)24-30)52-26-37-45-44-27-48(37)42(31-15-9-6-10-16-31,32-17-11-7-12-18-32)33-19-13-8-14-20-33/h6-24,27H,5,25-26H2,1-4H3. The Bertz CT molecular complexity index is 2320. The molecule has 5 aromatic carbocycles. The van der Waals surface area contributed by atoms with Crippen LogP contribution in [0.3, 0.4) is 0 Å². The van der Waals surface area contributed by atoms with Crippen molar-refractivity contribution >= 4 is 17.0 Å². The molecule has 0 fully saturated rings. The Labute approximate surface area is 300 Å². The lowest BCUT2D eigenvalue weighted by Crippen LogP contribution is -2.38. The molecule has 52 heavy (non-hydrogen) atoms. The van der Waals surface area contributed by atoms with Crippen molar-refractivity contribution in [3.8, 4) is 16.9 Å². The highest BCUT2D eigenvalue weighted by Gasteiger charge is 2.40. The third kappa shape index (κ3) is 5.96. The second-order valence-electron chi connectivity index (χ2n) is 12.7. The number of imidazole rings is 1. The molecule has 7 aromatic rings. The molecule has 0 spiro atoms. The van der Waals surface area contributed by atoms with Gasteiger partial charge in [0.25, 0.3) is 0 Å². The van der Waals surface area contributed by atoms with E-state index in [0.29, 0.717) is 33.5 Å². The molecule has 0 saturated carbocycles. The SMILES string of the molecule is CCOC(=O)Cn1c(=O)n(C)c2c(-c3cc(C)c(OCc4nncn4C(c4ccccc4)(c4ccccc4)c4ccccc4)c(F)c3)cc(C)cc21. The zero-order chi connectivity index (χ0) is 36.4. The summed E-state index contributed by atoms with van der Waals surface area (Å²) in [5.74, 6) is -0.487. The van der Waals surface area contributed by atoms with Gasteiger partial charge in [0.2, 0.25) is 0 Å². The normalized spacial score (nSPS) is 11.6. The molecule has 2 heterocycles. The van der Waals surface area contributed by atoms with Crippen molar-refractivity contribution in [2.75, 3.05) is 6.61 Å². The van der Waals surface area contributed by atoms with Crippen molar-refractivity contribution in [3.63, 3.8) is 0 Å². The van der Waals surface area contributed by atoms with Crippen LogP contribution in [0.5, 0.6) is 5.75 Å². The number of carbonyl (C=O) groups is 1. The summed E-state index contributed by atoms with van der Waals surface area (Å²) in [4.78, 5) is 25.6. The monoisotopic (exact) mass is 695 g/mol. The second kappa shape index (κ2) is 14.1. The van der Waals surface area contributed by atoms with Gasteiger partial charge in [-0.05, 0) is 78.4 Å². The number of aryl methyl sites for hydroxylation is 3. The summed E-state index contributed by atoms with van der Waals surface area (Å²) in [6.07, 6.45) is 1.69. The van der Waals surface area contributed by atoms with Crippen LogP contribution in [0.15, 0.2) is 126 Å². The molecule has 10 heteroatoms. The van der Waals surface area contributed by atoms with Crippen molar-refractivity contribution in [1.82, 2.24) is 23.9 Å². The average molecular weight is 696 g/mol. The largest absolute Gasteiger partial charge is 0.482 e. The van der Waals surface area contributed by atoms with Gasteiger partial charge in [-0.2, -0.15) is 0 Å². The van der Waals surface area contributed by atoms with E-state index < -0.39 is 17.3 Å². The Morgan fingerprint density at radius 1 is 0.846 bits per heavy atom. The van der Waals surface area contributed by atoms with Crippen LogP contribution in [0.4, 0.5) is 4.39 Å². The molecule has 0 aliphatic heterocycles. The van der Waals surface area contributed by atoms with Gasteiger partial charge in [0.05, 0.1) is 17.6 Å². The van der Waals surface area contributed by atoms with Crippen LogP contribution in [-0.2, 0) is 35.3 Å². The van der Waals surface area contributed by atoms with E-state index in [1.54, 1.807) is 27.2 Å². The third-order valence-electron chi connectivity index (χ3n) is 9.41. The van der Waals surface area contributed by atoms with Gasteiger partial charge in [-0.3, -0.25) is 18.5 Å². The maximum Gasteiger partial charge on any atom is 0.329 e. The van der Waals surface area contributed by atoms with Crippen molar-refractivity contribution in [2.45, 2.75) is 39.5 Å². The van der Waals surface area contributed by atoms with Crippen molar-refractivity contribution in [2.24, 2.45) is 7.05 Å². The summed E-state index contributed by atoms with van der Waals surface area (Å²) in [6.45, 7) is 5.32. The van der Waals surface area contributed by atoms with E-state index in [2.05, 4.69) is 46.6 Å². The zero-order valence-electron chi connectivity index (χ0n) is 29.4. The number of benzene rings is 5. The summed E-state index contributed by atoms with van der Waals surface area (Å²) in [5.41, 5.74) is 5.54. The minimum atomic E-state index is -0.862. The Hall–Kier alpha value is -6.29. The van der Waals surface area contributed by atoms with Gasteiger partial charge in [0.15, 0.2) is 17.4 Å². The predicted molar refractivity (Wildman–Crippen MR) is 198 cm³/mol. The molecule has 7 rings (SSSR count). The van der Waals surface area contributed by atoms with E-state index in [0.717, 1.165) is 22.3 Å². The number of fused-ring (bicyclic) bond motifs is 1. The van der Waals surface area contributed by atoms with Gasteiger partial charge in [0, 0.05) is 12.6 Å². The number of rotatable bonds is 11. The lowest BCUT2D eigenvalue weighted by molar-refractivity contribution is -0.143. The van der Waals surface area contributed by atoms with Crippen LogP contribution in [0.25, 0.3) is 22.2 Å². The van der Waals surface area contributed by atoms with E-state index in [-0.39, 0.29) is 31.2 Å². The average Bonchev–Trinajstić information content (AvgIpc) is 3.71. The molecule has 0 saturated heterocycles. The number of halogens is 1. The second-order valence-corrected chi connectivity index (χ2v) is 12.7. The minimum absolute atomic E-state index is 0.0642. The lowest BCUT2D eigenvalue weighted by atomic mass is 9.76. The molecule has 0 aliphatic carbocycles. The highest BCUT2D eigenvalue weighted by Crippen LogP contribution is 2.42. The van der Waals surface area contributed by atoms with Crippen LogP contribution in [0.2, 0.25) is 0 Å². The first-order valence-corrected chi connectivity index (χ1v) is 17.1. The molecule has 2 aromatic heterocycles. The first-order valence-electron chi connectivity index (χ1n) is 17.1.